The van der Waals surface area contributed by atoms with Crippen molar-refractivity contribution in [2.45, 2.75) is 18.6 Å². The van der Waals surface area contributed by atoms with Crippen LogP contribution in [-0.2, 0) is 22.2 Å². The highest BCUT2D eigenvalue weighted by Crippen LogP contribution is 2.20. The van der Waals surface area contributed by atoms with Gasteiger partial charge in [0.25, 0.3) is 5.91 Å². The summed E-state index contributed by atoms with van der Waals surface area (Å²) in [5.74, 6) is -0.294. The number of carbonyl (C=O) groups excluding carboxylic acids is 1. The van der Waals surface area contributed by atoms with Gasteiger partial charge in [0.2, 0.25) is 0 Å². The van der Waals surface area contributed by atoms with E-state index in [1.165, 1.54) is 7.11 Å². The van der Waals surface area contributed by atoms with Crippen LogP contribution in [0.3, 0.4) is 0 Å². The van der Waals surface area contributed by atoms with Crippen LogP contribution in [-0.4, -0.2) is 34.4 Å². The Balaban J connectivity index is 2.02. The molecule has 0 saturated heterocycles. The number of hydrogen-bond acceptors (Lipinski definition) is 4. The summed E-state index contributed by atoms with van der Waals surface area (Å²) in [5, 5.41) is 17.2. The van der Waals surface area contributed by atoms with Gasteiger partial charge in [0.05, 0.1) is 12.7 Å². The van der Waals surface area contributed by atoms with Crippen LogP contribution in [0.1, 0.15) is 24.2 Å². The minimum absolute atomic E-state index is 0.0736. The number of rotatable bonds is 6. The Morgan fingerprint density at radius 2 is 2.14 bits per heavy atom. The number of aromatic nitrogens is 2. The first-order valence-electron chi connectivity index (χ1n) is 7.01. The summed E-state index contributed by atoms with van der Waals surface area (Å²) >= 11 is 0. The molecule has 118 valence electrons. The average Bonchev–Trinajstić information content (AvgIpc) is 2.95. The lowest BCUT2D eigenvalue weighted by molar-refractivity contribution is -0.132. The Bertz CT molecular complexity index is 623. The smallest absolute Gasteiger partial charge is 0.253 e. The highest BCUT2D eigenvalue weighted by molar-refractivity contribution is 5.82. The number of methoxy groups -OCH3 is 1. The number of benzene rings is 1. The minimum atomic E-state index is -1.20. The molecule has 0 fully saturated rings. The van der Waals surface area contributed by atoms with E-state index in [9.17, 15) is 9.90 Å². The van der Waals surface area contributed by atoms with E-state index in [2.05, 4.69) is 10.4 Å². The predicted octanol–water partition coefficient (Wildman–Crippen LogP) is 1.13. The summed E-state index contributed by atoms with van der Waals surface area (Å²) in [5.41, 5.74) is 0.214. The monoisotopic (exact) mass is 303 g/mol. The van der Waals surface area contributed by atoms with Crippen molar-refractivity contribution in [1.29, 1.82) is 0 Å². The van der Waals surface area contributed by atoms with E-state index >= 15 is 0 Å². The van der Waals surface area contributed by atoms with Crippen LogP contribution in [0.25, 0.3) is 0 Å². The summed E-state index contributed by atoms with van der Waals surface area (Å²) in [6.45, 7) is 1.71. The van der Waals surface area contributed by atoms with Gasteiger partial charge in [-0.05, 0) is 12.5 Å². The van der Waals surface area contributed by atoms with Crippen LogP contribution < -0.4 is 5.32 Å². The number of hydrogen-bond donors (Lipinski definition) is 2. The normalized spacial score (nSPS) is 15.1. The van der Waals surface area contributed by atoms with Gasteiger partial charge >= 0.3 is 0 Å². The van der Waals surface area contributed by atoms with Crippen molar-refractivity contribution < 1.29 is 14.6 Å². The van der Waals surface area contributed by atoms with E-state index in [1.54, 1.807) is 31.0 Å². The summed E-state index contributed by atoms with van der Waals surface area (Å²) < 4.78 is 6.87. The third kappa shape index (κ3) is 3.72. The van der Waals surface area contributed by atoms with Gasteiger partial charge in [-0.25, -0.2) is 0 Å². The topological polar surface area (TPSA) is 76.4 Å². The van der Waals surface area contributed by atoms with Crippen molar-refractivity contribution in [2.75, 3.05) is 13.7 Å². The van der Waals surface area contributed by atoms with E-state index < -0.39 is 11.7 Å². The summed E-state index contributed by atoms with van der Waals surface area (Å²) in [7, 11) is 3.25. The largest absolute Gasteiger partial charge is 0.383 e. The Morgan fingerprint density at radius 3 is 2.68 bits per heavy atom. The molecule has 2 rings (SSSR count). The van der Waals surface area contributed by atoms with Gasteiger partial charge in [-0.15, -0.1) is 0 Å². The maximum Gasteiger partial charge on any atom is 0.253 e. The zero-order valence-corrected chi connectivity index (χ0v) is 13.0. The van der Waals surface area contributed by atoms with E-state index in [1.807, 2.05) is 30.3 Å². The predicted molar refractivity (Wildman–Crippen MR) is 82.0 cm³/mol. The highest BCUT2D eigenvalue weighted by Gasteiger charge is 2.27. The highest BCUT2D eigenvalue weighted by atomic mass is 16.5. The Kier molecular flexibility index (Phi) is 4.95. The van der Waals surface area contributed by atoms with Crippen molar-refractivity contribution >= 4 is 5.91 Å². The first-order chi connectivity index (χ1) is 10.4. The lowest BCUT2D eigenvalue weighted by Gasteiger charge is -2.24. The van der Waals surface area contributed by atoms with Crippen LogP contribution in [0.5, 0.6) is 0 Å². The molecule has 0 aliphatic carbocycles. The molecule has 0 bridgehead atoms. The molecule has 0 aliphatic rings. The van der Waals surface area contributed by atoms with Crippen LogP contribution in [0.4, 0.5) is 0 Å². The van der Waals surface area contributed by atoms with Crippen molar-refractivity contribution in [3.8, 4) is 0 Å². The van der Waals surface area contributed by atoms with Crippen LogP contribution >= 0.6 is 0 Å². The van der Waals surface area contributed by atoms with Gasteiger partial charge < -0.3 is 15.2 Å². The lowest BCUT2D eigenvalue weighted by Crippen LogP contribution is -2.40. The van der Waals surface area contributed by atoms with Crippen molar-refractivity contribution in [1.82, 2.24) is 15.1 Å². The van der Waals surface area contributed by atoms with Crippen LogP contribution in [0, 0.1) is 0 Å². The van der Waals surface area contributed by atoms with Gasteiger partial charge in [-0.1, -0.05) is 30.3 Å². The maximum absolute atomic E-state index is 12.3. The molecule has 0 spiro atoms. The molecule has 6 heteroatoms. The summed E-state index contributed by atoms with van der Waals surface area (Å²) in [6, 6.07) is 9.22. The molecule has 1 aromatic carbocycles. The molecule has 1 aromatic heterocycles. The summed E-state index contributed by atoms with van der Waals surface area (Å²) in [6.07, 6.45) is 2.60. The number of aliphatic hydroxyl groups is 1. The van der Waals surface area contributed by atoms with Crippen molar-refractivity contribution in [2.24, 2.45) is 7.05 Å². The van der Waals surface area contributed by atoms with Gasteiger partial charge in [-0.2, -0.15) is 5.10 Å². The second-order valence-corrected chi connectivity index (χ2v) is 5.42. The Hall–Kier alpha value is -2.18. The second kappa shape index (κ2) is 6.72. The maximum atomic E-state index is 12.3. The third-order valence-electron chi connectivity index (χ3n) is 3.51. The number of aryl methyl sites for hydroxylation is 1. The molecule has 2 atom stereocenters. The van der Waals surface area contributed by atoms with E-state index in [0.29, 0.717) is 5.56 Å². The van der Waals surface area contributed by atoms with Gasteiger partial charge in [0.1, 0.15) is 5.60 Å². The summed E-state index contributed by atoms with van der Waals surface area (Å²) in [4.78, 5) is 12.3. The fourth-order valence-corrected chi connectivity index (χ4v) is 2.18. The number of nitrogens with zero attached hydrogens (tertiary/aromatic N) is 2. The van der Waals surface area contributed by atoms with Gasteiger partial charge in [0, 0.05) is 25.9 Å². The van der Waals surface area contributed by atoms with Crippen LogP contribution in [0.15, 0.2) is 42.7 Å². The molecule has 6 nitrogen and oxygen atoms in total. The number of amides is 1. The number of ether oxygens (including phenoxy) is 1. The standard InChI is InChI=1S/C16H21N3O3/c1-16(21,13-9-18-19(2)10-13)11-17-15(20)14(22-3)12-7-5-4-6-8-12/h4-10,14,21H,11H2,1-3H3,(H,17,20). The average molecular weight is 303 g/mol. The zero-order chi connectivity index (χ0) is 16.2. The number of nitrogens with one attached hydrogen (secondary N) is 1. The van der Waals surface area contributed by atoms with Crippen molar-refractivity contribution in [3.63, 3.8) is 0 Å². The van der Waals surface area contributed by atoms with E-state index in [-0.39, 0.29) is 12.5 Å². The minimum Gasteiger partial charge on any atom is -0.383 e. The van der Waals surface area contributed by atoms with E-state index in [0.717, 1.165) is 5.56 Å². The molecule has 2 N–H and O–H groups in total. The first-order valence-corrected chi connectivity index (χ1v) is 7.01. The first kappa shape index (κ1) is 16.2. The molecule has 1 amide bonds. The quantitative estimate of drug-likeness (QED) is 0.839. The molecular formula is C16H21N3O3. The van der Waals surface area contributed by atoms with Crippen LogP contribution in [0.2, 0.25) is 0 Å². The molecular weight excluding hydrogens is 282 g/mol. The molecule has 0 saturated carbocycles. The SMILES string of the molecule is COC(C(=O)NCC(C)(O)c1cnn(C)c1)c1ccccc1. The fourth-order valence-electron chi connectivity index (χ4n) is 2.18. The van der Waals surface area contributed by atoms with Gasteiger partial charge in [0.15, 0.2) is 6.10 Å². The van der Waals surface area contributed by atoms with E-state index in [4.69, 9.17) is 4.74 Å². The Morgan fingerprint density at radius 1 is 1.45 bits per heavy atom. The Labute approximate surface area is 129 Å². The second-order valence-electron chi connectivity index (χ2n) is 5.42. The molecule has 2 unspecified atom stereocenters. The molecule has 1 heterocycles. The van der Waals surface area contributed by atoms with Crippen molar-refractivity contribution in [3.05, 3.63) is 53.9 Å². The molecule has 0 radical (unpaired) electrons. The van der Waals surface area contributed by atoms with Gasteiger partial charge in [-0.3, -0.25) is 9.48 Å². The molecule has 2 aromatic rings. The molecule has 22 heavy (non-hydrogen) atoms. The fraction of sp³-hybridized carbons (Fsp3) is 0.375. The lowest BCUT2D eigenvalue weighted by atomic mass is 9.99. The number of carbonyl (C=O) groups is 1. The third-order valence-corrected chi connectivity index (χ3v) is 3.51. The zero-order valence-electron chi connectivity index (χ0n) is 13.0. The molecule has 0 aliphatic heterocycles.